The summed E-state index contributed by atoms with van der Waals surface area (Å²) in [6, 6.07) is 14.3. The lowest BCUT2D eigenvalue weighted by Crippen LogP contribution is -2.34. The van der Waals surface area contributed by atoms with Gasteiger partial charge in [-0.1, -0.05) is 12.1 Å². The van der Waals surface area contributed by atoms with E-state index in [2.05, 4.69) is 10.3 Å². The van der Waals surface area contributed by atoms with Crippen LogP contribution in [-0.2, 0) is 7.05 Å². The predicted molar refractivity (Wildman–Crippen MR) is 119 cm³/mol. The molecule has 158 valence electrons. The highest BCUT2D eigenvalue weighted by Crippen LogP contribution is 2.25. The molecular weight excluding hydrogens is 401 g/mol. The van der Waals surface area contributed by atoms with Crippen molar-refractivity contribution >= 4 is 28.1 Å². The van der Waals surface area contributed by atoms with Crippen LogP contribution in [0, 0.1) is 5.82 Å². The van der Waals surface area contributed by atoms with E-state index in [4.69, 9.17) is 0 Å². The Labute approximate surface area is 175 Å². The summed E-state index contributed by atoms with van der Waals surface area (Å²) in [5, 5.41) is 3.13. The molecule has 8 nitrogen and oxygen atoms in total. The van der Waals surface area contributed by atoms with Crippen molar-refractivity contribution in [2.75, 3.05) is 24.3 Å². The van der Waals surface area contributed by atoms with Gasteiger partial charge in [-0.05, 0) is 36.4 Å². The van der Waals surface area contributed by atoms with Crippen molar-refractivity contribution in [3.63, 3.8) is 0 Å². The van der Waals surface area contributed by atoms with Crippen LogP contribution in [0.4, 0.5) is 21.5 Å². The van der Waals surface area contributed by atoms with Crippen LogP contribution >= 0.6 is 0 Å². The van der Waals surface area contributed by atoms with Gasteiger partial charge in [0, 0.05) is 38.6 Å². The number of para-hydroxylation sites is 1. The third kappa shape index (κ3) is 3.50. The Hall–Kier alpha value is -4.14. The fourth-order valence-electron chi connectivity index (χ4n) is 3.44. The molecule has 0 radical (unpaired) electrons. The van der Waals surface area contributed by atoms with Gasteiger partial charge < -0.3 is 10.2 Å². The molecule has 9 heteroatoms. The largest absolute Gasteiger partial charge is 0.378 e. The Morgan fingerprint density at radius 3 is 2.32 bits per heavy atom. The average molecular weight is 421 g/mol. The molecule has 0 fully saturated rings. The molecule has 0 aliphatic rings. The number of pyridine rings is 1. The second kappa shape index (κ2) is 7.60. The summed E-state index contributed by atoms with van der Waals surface area (Å²) in [6.45, 7) is 0. The number of benzene rings is 2. The number of aryl methyl sites for hydroxylation is 1. The molecule has 2 heterocycles. The molecule has 0 spiro atoms. The number of anilines is 3. The van der Waals surface area contributed by atoms with Gasteiger partial charge in [-0.25, -0.2) is 13.8 Å². The van der Waals surface area contributed by atoms with Gasteiger partial charge in [-0.3, -0.25) is 19.1 Å². The van der Waals surface area contributed by atoms with Crippen LogP contribution in [0.25, 0.3) is 16.7 Å². The fourth-order valence-corrected chi connectivity index (χ4v) is 3.44. The molecular formula is C22H20FN5O3. The third-order valence-corrected chi connectivity index (χ3v) is 5.03. The van der Waals surface area contributed by atoms with E-state index in [0.29, 0.717) is 5.69 Å². The summed E-state index contributed by atoms with van der Waals surface area (Å²) < 4.78 is 16.7. The van der Waals surface area contributed by atoms with Crippen LogP contribution in [-0.4, -0.2) is 28.2 Å². The zero-order valence-corrected chi connectivity index (χ0v) is 17.1. The maximum Gasteiger partial charge on any atom is 0.334 e. The summed E-state index contributed by atoms with van der Waals surface area (Å²) in [5.74, 6) is -0.664. The third-order valence-electron chi connectivity index (χ3n) is 5.03. The Morgan fingerprint density at radius 2 is 1.68 bits per heavy atom. The summed E-state index contributed by atoms with van der Waals surface area (Å²) >= 11 is 0. The fraction of sp³-hybridized carbons (Fsp3) is 0.136. The van der Waals surface area contributed by atoms with Crippen molar-refractivity contribution in [3.05, 3.63) is 91.6 Å². The van der Waals surface area contributed by atoms with Gasteiger partial charge in [0.15, 0.2) is 0 Å². The quantitative estimate of drug-likeness (QED) is 0.528. The first-order valence-corrected chi connectivity index (χ1v) is 9.46. The van der Waals surface area contributed by atoms with Crippen LogP contribution in [0.2, 0.25) is 0 Å². The number of nitrogens with zero attached hydrogens (tertiary/aromatic N) is 3. The van der Waals surface area contributed by atoms with E-state index in [1.807, 2.05) is 31.1 Å². The summed E-state index contributed by atoms with van der Waals surface area (Å²) in [6.07, 6.45) is 0. The normalized spacial score (nSPS) is 11.0. The van der Waals surface area contributed by atoms with Crippen LogP contribution in [0.15, 0.2) is 69.0 Å². The molecule has 4 aromatic rings. The van der Waals surface area contributed by atoms with Crippen molar-refractivity contribution in [1.82, 2.24) is 14.1 Å². The van der Waals surface area contributed by atoms with E-state index in [1.54, 1.807) is 18.2 Å². The van der Waals surface area contributed by atoms with Crippen molar-refractivity contribution in [1.29, 1.82) is 0 Å². The highest BCUT2D eigenvalue weighted by Gasteiger charge is 2.19. The van der Waals surface area contributed by atoms with Crippen LogP contribution in [0.5, 0.6) is 0 Å². The van der Waals surface area contributed by atoms with Crippen molar-refractivity contribution in [2.45, 2.75) is 0 Å². The highest BCUT2D eigenvalue weighted by molar-refractivity contribution is 5.91. The molecule has 0 aliphatic heterocycles. The minimum Gasteiger partial charge on any atom is -0.378 e. The minimum absolute atomic E-state index is 0.0150. The molecule has 0 amide bonds. The van der Waals surface area contributed by atoms with Gasteiger partial charge in [0.05, 0.1) is 11.4 Å². The first-order chi connectivity index (χ1) is 14.8. The maximum absolute atomic E-state index is 14.5. The SMILES string of the molecule is CN(C)c1ccc(Nc2cc(=O)n(C)c3c2c(=O)[nH]c(=O)n3-c2ccccc2F)cc1. The zero-order valence-electron chi connectivity index (χ0n) is 17.1. The predicted octanol–water partition coefficient (Wildman–Crippen LogP) is 2.33. The van der Waals surface area contributed by atoms with Crippen molar-refractivity contribution < 1.29 is 4.39 Å². The summed E-state index contributed by atoms with van der Waals surface area (Å²) in [5.41, 5.74) is -0.249. The second-order valence-corrected chi connectivity index (χ2v) is 7.27. The first-order valence-electron chi connectivity index (χ1n) is 9.46. The molecule has 4 rings (SSSR count). The van der Waals surface area contributed by atoms with Crippen molar-refractivity contribution in [2.24, 2.45) is 7.05 Å². The summed E-state index contributed by atoms with van der Waals surface area (Å²) in [7, 11) is 5.26. The molecule has 0 saturated heterocycles. The van der Waals surface area contributed by atoms with E-state index in [0.717, 1.165) is 14.8 Å². The maximum atomic E-state index is 14.5. The number of H-pyrrole nitrogens is 1. The second-order valence-electron chi connectivity index (χ2n) is 7.27. The molecule has 0 saturated carbocycles. The lowest BCUT2D eigenvalue weighted by molar-refractivity contribution is 0.615. The number of rotatable bonds is 4. The minimum atomic E-state index is -0.843. The Bertz CT molecular complexity index is 1470. The van der Waals surface area contributed by atoms with Gasteiger partial charge in [0.25, 0.3) is 11.1 Å². The zero-order chi connectivity index (χ0) is 22.3. The number of aromatic nitrogens is 3. The van der Waals surface area contributed by atoms with E-state index < -0.39 is 22.6 Å². The lowest BCUT2D eigenvalue weighted by atomic mass is 10.2. The monoisotopic (exact) mass is 421 g/mol. The molecule has 2 N–H and O–H groups in total. The number of halogens is 1. The smallest absolute Gasteiger partial charge is 0.334 e. The molecule has 0 atom stereocenters. The Kier molecular flexibility index (Phi) is 4.94. The number of hydrogen-bond donors (Lipinski definition) is 2. The number of fused-ring (bicyclic) bond motifs is 1. The van der Waals surface area contributed by atoms with Gasteiger partial charge in [0.1, 0.15) is 16.9 Å². The van der Waals surface area contributed by atoms with Gasteiger partial charge in [0.2, 0.25) is 0 Å². The van der Waals surface area contributed by atoms with E-state index in [1.165, 1.54) is 31.3 Å². The number of aromatic amines is 1. The van der Waals surface area contributed by atoms with Crippen LogP contribution in [0.3, 0.4) is 0 Å². The first kappa shape index (κ1) is 20.1. The Morgan fingerprint density at radius 1 is 1.00 bits per heavy atom. The molecule has 0 aliphatic carbocycles. The molecule has 2 aromatic heterocycles. The van der Waals surface area contributed by atoms with Gasteiger partial charge >= 0.3 is 5.69 Å². The van der Waals surface area contributed by atoms with E-state index in [9.17, 15) is 18.8 Å². The lowest BCUT2D eigenvalue weighted by Gasteiger charge is -2.17. The summed E-state index contributed by atoms with van der Waals surface area (Å²) in [4.78, 5) is 42.2. The Balaban J connectivity index is 2.01. The standard InChI is InChI=1S/C22H20FN5O3/c1-26(2)14-10-8-13(9-11-14)24-16-12-18(29)27(3)21-19(16)20(30)25-22(31)28(21)17-7-5-4-6-15(17)23/h4-12,24H,1-3H3,(H,25,30,31). The van der Waals surface area contributed by atoms with Crippen molar-refractivity contribution in [3.8, 4) is 5.69 Å². The van der Waals surface area contributed by atoms with Crippen LogP contribution in [0.1, 0.15) is 0 Å². The van der Waals surface area contributed by atoms with Crippen LogP contribution < -0.4 is 27.0 Å². The number of nitrogens with one attached hydrogen (secondary N) is 2. The molecule has 31 heavy (non-hydrogen) atoms. The molecule has 2 aromatic carbocycles. The average Bonchev–Trinajstić information content (AvgIpc) is 2.72. The molecule has 0 bridgehead atoms. The van der Waals surface area contributed by atoms with Gasteiger partial charge in [-0.15, -0.1) is 0 Å². The topological polar surface area (TPSA) is 92.1 Å². The molecule has 0 unspecified atom stereocenters. The number of hydrogen-bond acceptors (Lipinski definition) is 5. The van der Waals surface area contributed by atoms with E-state index in [-0.39, 0.29) is 22.4 Å². The van der Waals surface area contributed by atoms with E-state index >= 15 is 0 Å². The highest BCUT2D eigenvalue weighted by atomic mass is 19.1. The van der Waals surface area contributed by atoms with Gasteiger partial charge in [-0.2, -0.15) is 0 Å².